The van der Waals surface area contributed by atoms with Crippen molar-refractivity contribution in [2.24, 2.45) is 10.7 Å². The van der Waals surface area contributed by atoms with E-state index in [2.05, 4.69) is 28.0 Å². The lowest BCUT2D eigenvalue weighted by molar-refractivity contribution is 0.244. The number of aliphatic imine (C=N–C) groups is 1. The van der Waals surface area contributed by atoms with Crippen LogP contribution in [0.2, 0.25) is 0 Å². The van der Waals surface area contributed by atoms with Crippen LogP contribution < -0.4 is 5.73 Å². The second-order valence-corrected chi connectivity index (χ2v) is 4.59. The number of nitrogens with two attached hydrogens (primary N) is 1. The summed E-state index contributed by atoms with van der Waals surface area (Å²) in [5.41, 5.74) is 8.38. The van der Waals surface area contributed by atoms with Crippen LogP contribution in [0.5, 0.6) is 0 Å². The van der Waals surface area contributed by atoms with Crippen molar-refractivity contribution in [3.05, 3.63) is 29.6 Å². The molecule has 1 heterocycles. The molecule has 1 unspecified atom stereocenters. The zero-order chi connectivity index (χ0) is 12.3. The van der Waals surface area contributed by atoms with Gasteiger partial charge in [0.05, 0.1) is 18.3 Å². The number of nitrogens with zero attached hydrogens (tertiary/aromatic N) is 3. The van der Waals surface area contributed by atoms with Crippen molar-refractivity contribution in [3.8, 4) is 0 Å². The van der Waals surface area contributed by atoms with E-state index < -0.39 is 0 Å². The molecular weight excluding hydrogens is 212 g/mol. The molecule has 17 heavy (non-hydrogen) atoms. The Morgan fingerprint density at radius 3 is 3.24 bits per heavy atom. The van der Waals surface area contributed by atoms with Gasteiger partial charge in [0, 0.05) is 13.2 Å². The van der Waals surface area contributed by atoms with Crippen molar-refractivity contribution in [2.75, 3.05) is 20.6 Å². The van der Waals surface area contributed by atoms with Crippen LogP contribution in [-0.2, 0) is 6.42 Å². The minimum absolute atomic E-state index is 0.375. The number of rotatable bonds is 3. The van der Waals surface area contributed by atoms with E-state index in [1.807, 2.05) is 12.3 Å². The Morgan fingerprint density at radius 1 is 1.65 bits per heavy atom. The SMILES string of the molecule is CN=C(N)CN(C)C1CCCc2cccnc21. The molecule has 4 nitrogen and oxygen atoms in total. The van der Waals surface area contributed by atoms with Crippen LogP contribution in [0.25, 0.3) is 0 Å². The normalized spacial score (nSPS) is 20.4. The third kappa shape index (κ3) is 2.64. The lowest BCUT2D eigenvalue weighted by Crippen LogP contribution is -2.35. The van der Waals surface area contributed by atoms with E-state index in [-0.39, 0.29) is 0 Å². The van der Waals surface area contributed by atoms with Gasteiger partial charge in [0.25, 0.3) is 0 Å². The number of hydrogen-bond donors (Lipinski definition) is 1. The van der Waals surface area contributed by atoms with Crippen LogP contribution in [0.15, 0.2) is 23.3 Å². The summed E-state index contributed by atoms with van der Waals surface area (Å²) in [5, 5.41) is 0. The van der Waals surface area contributed by atoms with E-state index in [9.17, 15) is 0 Å². The van der Waals surface area contributed by atoms with Crippen LogP contribution in [0.4, 0.5) is 0 Å². The molecule has 92 valence electrons. The molecule has 0 bridgehead atoms. The first kappa shape index (κ1) is 12.0. The van der Waals surface area contributed by atoms with Gasteiger partial charge >= 0.3 is 0 Å². The topological polar surface area (TPSA) is 54.5 Å². The van der Waals surface area contributed by atoms with E-state index in [0.29, 0.717) is 18.4 Å². The molecule has 0 spiro atoms. The number of pyridine rings is 1. The van der Waals surface area contributed by atoms with Crippen LogP contribution >= 0.6 is 0 Å². The van der Waals surface area contributed by atoms with Gasteiger partial charge in [0.2, 0.25) is 0 Å². The van der Waals surface area contributed by atoms with E-state index in [0.717, 1.165) is 12.8 Å². The maximum absolute atomic E-state index is 5.79. The highest BCUT2D eigenvalue weighted by molar-refractivity contribution is 5.82. The third-order valence-electron chi connectivity index (χ3n) is 3.40. The second kappa shape index (κ2) is 5.27. The Kier molecular flexibility index (Phi) is 3.74. The number of aryl methyl sites for hydroxylation is 1. The first-order valence-electron chi connectivity index (χ1n) is 6.07. The van der Waals surface area contributed by atoms with E-state index in [1.165, 1.54) is 17.7 Å². The highest BCUT2D eigenvalue weighted by atomic mass is 15.2. The first-order valence-corrected chi connectivity index (χ1v) is 6.07. The fourth-order valence-electron chi connectivity index (χ4n) is 2.45. The van der Waals surface area contributed by atoms with Crippen molar-refractivity contribution in [1.82, 2.24) is 9.88 Å². The third-order valence-corrected chi connectivity index (χ3v) is 3.40. The van der Waals surface area contributed by atoms with Crippen molar-refractivity contribution in [1.29, 1.82) is 0 Å². The van der Waals surface area contributed by atoms with Gasteiger partial charge in [-0.05, 0) is 37.9 Å². The van der Waals surface area contributed by atoms with Gasteiger partial charge in [-0.15, -0.1) is 0 Å². The monoisotopic (exact) mass is 232 g/mol. The minimum atomic E-state index is 0.375. The molecule has 4 heteroatoms. The molecular formula is C13H20N4. The smallest absolute Gasteiger partial charge is 0.108 e. The average Bonchev–Trinajstić information content (AvgIpc) is 2.37. The minimum Gasteiger partial charge on any atom is -0.386 e. The molecule has 2 N–H and O–H groups in total. The Morgan fingerprint density at radius 2 is 2.47 bits per heavy atom. The Hall–Kier alpha value is -1.42. The van der Waals surface area contributed by atoms with Crippen LogP contribution in [0, 0.1) is 0 Å². The highest BCUT2D eigenvalue weighted by Crippen LogP contribution is 2.31. The summed E-state index contributed by atoms with van der Waals surface area (Å²) in [6.45, 7) is 0.706. The number of fused-ring (bicyclic) bond motifs is 1. The van der Waals surface area contributed by atoms with Crippen LogP contribution in [0.3, 0.4) is 0 Å². The number of likely N-dealkylation sites (N-methyl/N-ethyl adjacent to an activating group) is 1. The molecule has 0 saturated heterocycles. The van der Waals surface area contributed by atoms with Gasteiger partial charge in [-0.25, -0.2) is 0 Å². The fourth-order valence-corrected chi connectivity index (χ4v) is 2.45. The van der Waals surface area contributed by atoms with E-state index in [1.54, 1.807) is 7.05 Å². The van der Waals surface area contributed by atoms with Crippen molar-refractivity contribution in [2.45, 2.75) is 25.3 Å². The lowest BCUT2D eigenvalue weighted by Gasteiger charge is -2.31. The summed E-state index contributed by atoms with van der Waals surface area (Å²) >= 11 is 0. The van der Waals surface area contributed by atoms with Gasteiger partial charge < -0.3 is 5.73 Å². The fraction of sp³-hybridized carbons (Fsp3) is 0.538. The zero-order valence-electron chi connectivity index (χ0n) is 10.6. The molecule has 0 aliphatic heterocycles. The van der Waals surface area contributed by atoms with Crippen LogP contribution in [0.1, 0.15) is 30.1 Å². The number of amidine groups is 1. The summed E-state index contributed by atoms with van der Waals surface area (Å²) in [6, 6.07) is 4.57. The highest BCUT2D eigenvalue weighted by Gasteiger charge is 2.24. The summed E-state index contributed by atoms with van der Waals surface area (Å²) in [7, 11) is 3.82. The maximum atomic E-state index is 5.79. The van der Waals surface area contributed by atoms with Gasteiger partial charge in [-0.3, -0.25) is 14.9 Å². The molecule has 0 fully saturated rings. The molecule has 2 rings (SSSR count). The molecule has 0 amide bonds. The van der Waals surface area contributed by atoms with Gasteiger partial charge in [-0.1, -0.05) is 6.07 Å². The summed E-state index contributed by atoms with van der Waals surface area (Å²) < 4.78 is 0. The second-order valence-electron chi connectivity index (χ2n) is 4.59. The Bertz CT molecular complexity index is 414. The average molecular weight is 232 g/mol. The standard InChI is InChI=1S/C13H20N4/c1-15-12(14)9-17(2)11-7-3-5-10-6-4-8-16-13(10)11/h4,6,8,11H,3,5,7,9H2,1-2H3,(H2,14,15). The van der Waals surface area contributed by atoms with E-state index in [4.69, 9.17) is 5.73 Å². The summed E-state index contributed by atoms with van der Waals surface area (Å²) in [5.74, 6) is 0.676. The van der Waals surface area contributed by atoms with E-state index >= 15 is 0 Å². The Labute approximate surface area is 103 Å². The molecule has 0 radical (unpaired) electrons. The van der Waals surface area contributed by atoms with Gasteiger partial charge in [-0.2, -0.15) is 0 Å². The summed E-state index contributed by atoms with van der Waals surface area (Å²) in [4.78, 5) is 10.8. The molecule has 1 aromatic rings. The molecule has 0 aromatic carbocycles. The predicted molar refractivity (Wildman–Crippen MR) is 70.1 cm³/mol. The largest absolute Gasteiger partial charge is 0.386 e. The Balaban J connectivity index is 2.18. The number of hydrogen-bond acceptors (Lipinski definition) is 3. The molecule has 1 aliphatic rings. The van der Waals surface area contributed by atoms with Crippen molar-refractivity contribution in [3.63, 3.8) is 0 Å². The number of aromatic nitrogens is 1. The van der Waals surface area contributed by atoms with Crippen molar-refractivity contribution >= 4 is 5.84 Å². The van der Waals surface area contributed by atoms with Crippen LogP contribution in [-0.4, -0.2) is 36.4 Å². The zero-order valence-corrected chi connectivity index (χ0v) is 10.6. The predicted octanol–water partition coefficient (Wildman–Crippen LogP) is 1.38. The molecule has 0 saturated carbocycles. The quantitative estimate of drug-likeness (QED) is 0.632. The maximum Gasteiger partial charge on any atom is 0.108 e. The van der Waals surface area contributed by atoms with Gasteiger partial charge in [0.1, 0.15) is 5.84 Å². The lowest BCUT2D eigenvalue weighted by atomic mass is 9.91. The summed E-state index contributed by atoms with van der Waals surface area (Å²) in [6.07, 6.45) is 5.39. The van der Waals surface area contributed by atoms with Gasteiger partial charge in [0.15, 0.2) is 0 Å². The first-order chi connectivity index (χ1) is 8.22. The molecule has 1 aromatic heterocycles. The molecule has 1 atom stereocenters. The molecule has 1 aliphatic carbocycles. The van der Waals surface area contributed by atoms with Crippen molar-refractivity contribution < 1.29 is 0 Å².